The lowest BCUT2D eigenvalue weighted by Crippen LogP contribution is -2.17. The molecule has 0 saturated heterocycles. The second kappa shape index (κ2) is 6.25. The number of esters is 1. The van der Waals surface area contributed by atoms with Crippen molar-refractivity contribution in [2.45, 2.75) is 25.7 Å². The number of alkyl halides is 6. The highest BCUT2D eigenvalue weighted by molar-refractivity contribution is 9.10. The predicted molar refractivity (Wildman–Crippen MR) is 64.5 cm³/mol. The second-order valence-corrected chi connectivity index (χ2v) is 4.82. The fraction of sp³-hybridized carbons (Fsp3) is 0.417. The number of ether oxygens (including phenoxy) is 1. The molecule has 1 rings (SSSR count). The van der Waals surface area contributed by atoms with Gasteiger partial charge in [-0.1, -0.05) is 15.9 Å². The maximum absolute atomic E-state index is 12.9. The van der Waals surface area contributed by atoms with Crippen LogP contribution in [0.25, 0.3) is 0 Å². The molecule has 2 nitrogen and oxygen atoms in total. The van der Waals surface area contributed by atoms with Crippen molar-refractivity contribution >= 4 is 21.9 Å². The van der Waals surface area contributed by atoms with Crippen molar-refractivity contribution in [3.8, 4) is 0 Å². The summed E-state index contributed by atoms with van der Waals surface area (Å²) in [5, 5.41) is 0. The summed E-state index contributed by atoms with van der Waals surface area (Å²) in [5.41, 5.74) is -3.38. The fourth-order valence-corrected chi connectivity index (χ4v) is 2.38. The van der Waals surface area contributed by atoms with Gasteiger partial charge in [-0.15, -0.1) is 0 Å². The van der Waals surface area contributed by atoms with E-state index in [1.165, 1.54) is 6.92 Å². The van der Waals surface area contributed by atoms with Crippen LogP contribution in [0.2, 0.25) is 0 Å². The Balaban J connectivity index is 3.40. The fourth-order valence-electron chi connectivity index (χ4n) is 1.65. The lowest BCUT2D eigenvalue weighted by Gasteiger charge is -2.17. The molecular formula is C12H9BrF6O2. The lowest BCUT2D eigenvalue weighted by atomic mass is 10.0. The van der Waals surface area contributed by atoms with Crippen LogP contribution in [0, 0.1) is 0 Å². The highest BCUT2D eigenvalue weighted by atomic mass is 79.9. The minimum atomic E-state index is -4.90. The van der Waals surface area contributed by atoms with Gasteiger partial charge in [0.05, 0.1) is 24.2 Å². The number of hydrogen-bond donors (Lipinski definition) is 0. The number of halogens is 7. The zero-order valence-electron chi connectivity index (χ0n) is 10.5. The van der Waals surface area contributed by atoms with Crippen LogP contribution in [0.4, 0.5) is 26.3 Å². The third-order valence-electron chi connectivity index (χ3n) is 2.42. The molecule has 0 aromatic heterocycles. The molecule has 21 heavy (non-hydrogen) atoms. The van der Waals surface area contributed by atoms with Gasteiger partial charge in [-0.05, 0) is 24.6 Å². The number of carbonyl (C=O) groups is 1. The molecule has 0 atom stereocenters. The summed E-state index contributed by atoms with van der Waals surface area (Å²) in [4.78, 5) is 11.3. The summed E-state index contributed by atoms with van der Waals surface area (Å²) in [6.07, 6.45) is -10.6. The second-order valence-electron chi connectivity index (χ2n) is 3.97. The number of benzene rings is 1. The van der Waals surface area contributed by atoms with Crippen LogP contribution in [0.1, 0.15) is 23.6 Å². The summed E-state index contributed by atoms with van der Waals surface area (Å²) >= 11 is 2.48. The van der Waals surface area contributed by atoms with Crippen molar-refractivity contribution in [3.05, 3.63) is 33.3 Å². The van der Waals surface area contributed by atoms with E-state index in [1.54, 1.807) is 0 Å². The molecule has 0 aliphatic heterocycles. The zero-order chi connectivity index (χ0) is 16.4. The van der Waals surface area contributed by atoms with Crippen molar-refractivity contribution in [1.29, 1.82) is 0 Å². The van der Waals surface area contributed by atoms with Gasteiger partial charge in [0.25, 0.3) is 0 Å². The van der Waals surface area contributed by atoms with Crippen LogP contribution in [-0.2, 0) is 28.3 Å². The molecular weight excluding hydrogens is 370 g/mol. The molecule has 0 fully saturated rings. The Bertz CT molecular complexity index is 536. The van der Waals surface area contributed by atoms with Gasteiger partial charge in [0.2, 0.25) is 0 Å². The standard InChI is InChI=1S/C12H9BrF6O2/c1-2-21-9(20)4-6-3-7(11(14,15)16)5-8(13)10(6)12(17,18)19/h3,5H,2,4H2,1H3. The van der Waals surface area contributed by atoms with Crippen LogP contribution >= 0.6 is 15.9 Å². The highest BCUT2D eigenvalue weighted by Crippen LogP contribution is 2.41. The van der Waals surface area contributed by atoms with Gasteiger partial charge in [-0.3, -0.25) is 4.79 Å². The molecule has 0 unspecified atom stereocenters. The predicted octanol–water partition coefficient (Wildman–Crippen LogP) is 4.59. The minimum absolute atomic E-state index is 0.0830. The van der Waals surface area contributed by atoms with Crippen molar-refractivity contribution in [2.24, 2.45) is 0 Å². The van der Waals surface area contributed by atoms with E-state index in [2.05, 4.69) is 20.7 Å². The van der Waals surface area contributed by atoms with E-state index < -0.39 is 45.9 Å². The van der Waals surface area contributed by atoms with Crippen molar-refractivity contribution in [3.63, 3.8) is 0 Å². The molecule has 118 valence electrons. The van der Waals surface area contributed by atoms with E-state index in [-0.39, 0.29) is 6.61 Å². The smallest absolute Gasteiger partial charge is 0.417 e. The summed E-state index contributed by atoms with van der Waals surface area (Å²) in [6.45, 7) is 1.35. The topological polar surface area (TPSA) is 26.3 Å². The van der Waals surface area contributed by atoms with Crippen LogP contribution in [0.5, 0.6) is 0 Å². The average molecular weight is 379 g/mol. The Morgan fingerprint density at radius 3 is 2.14 bits per heavy atom. The SMILES string of the molecule is CCOC(=O)Cc1cc(C(F)(F)F)cc(Br)c1C(F)(F)F. The third kappa shape index (κ3) is 4.62. The molecule has 0 N–H and O–H groups in total. The van der Waals surface area contributed by atoms with E-state index in [0.717, 1.165) is 0 Å². The van der Waals surface area contributed by atoms with E-state index in [9.17, 15) is 31.1 Å². The van der Waals surface area contributed by atoms with Crippen molar-refractivity contribution in [2.75, 3.05) is 6.61 Å². The highest BCUT2D eigenvalue weighted by Gasteiger charge is 2.39. The zero-order valence-corrected chi connectivity index (χ0v) is 12.1. The Hall–Kier alpha value is -1.25. The Morgan fingerprint density at radius 2 is 1.71 bits per heavy atom. The van der Waals surface area contributed by atoms with Crippen molar-refractivity contribution < 1.29 is 35.9 Å². The average Bonchev–Trinajstić information content (AvgIpc) is 2.25. The first-order chi connectivity index (χ1) is 9.46. The maximum atomic E-state index is 12.9. The van der Waals surface area contributed by atoms with E-state index >= 15 is 0 Å². The molecule has 0 spiro atoms. The van der Waals surface area contributed by atoms with Crippen LogP contribution in [-0.4, -0.2) is 12.6 Å². The monoisotopic (exact) mass is 378 g/mol. The Kier molecular flexibility index (Phi) is 5.30. The largest absolute Gasteiger partial charge is 0.466 e. The molecule has 0 aliphatic carbocycles. The quantitative estimate of drug-likeness (QED) is 0.567. The molecule has 1 aromatic carbocycles. The third-order valence-corrected chi connectivity index (χ3v) is 3.05. The Morgan fingerprint density at radius 1 is 1.14 bits per heavy atom. The lowest BCUT2D eigenvalue weighted by molar-refractivity contribution is -0.145. The normalized spacial score (nSPS) is 12.4. The number of rotatable bonds is 3. The van der Waals surface area contributed by atoms with E-state index in [4.69, 9.17) is 0 Å². The molecule has 0 heterocycles. The Labute approximate surface area is 124 Å². The molecule has 0 bridgehead atoms. The van der Waals surface area contributed by atoms with Gasteiger partial charge in [0.1, 0.15) is 0 Å². The van der Waals surface area contributed by atoms with Crippen molar-refractivity contribution in [1.82, 2.24) is 0 Å². The molecule has 0 aliphatic rings. The van der Waals surface area contributed by atoms with E-state index in [1.807, 2.05) is 0 Å². The van der Waals surface area contributed by atoms with Gasteiger partial charge < -0.3 is 4.74 Å². The first-order valence-corrected chi connectivity index (χ1v) is 6.38. The number of hydrogen-bond acceptors (Lipinski definition) is 2. The van der Waals surface area contributed by atoms with Gasteiger partial charge in [-0.25, -0.2) is 0 Å². The van der Waals surface area contributed by atoms with Gasteiger partial charge in [0.15, 0.2) is 0 Å². The molecule has 0 amide bonds. The minimum Gasteiger partial charge on any atom is -0.466 e. The van der Waals surface area contributed by atoms with Crippen LogP contribution in [0.3, 0.4) is 0 Å². The molecule has 0 saturated carbocycles. The van der Waals surface area contributed by atoms with Gasteiger partial charge in [0, 0.05) is 4.47 Å². The van der Waals surface area contributed by atoms with Gasteiger partial charge >= 0.3 is 18.3 Å². The maximum Gasteiger partial charge on any atom is 0.417 e. The summed E-state index contributed by atoms with van der Waals surface area (Å²) < 4.78 is 80.4. The number of carbonyl (C=O) groups excluding carboxylic acids is 1. The summed E-state index contributed by atoms with van der Waals surface area (Å²) in [5.74, 6) is -1.03. The first-order valence-electron chi connectivity index (χ1n) is 5.59. The van der Waals surface area contributed by atoms with Crippen LogP contribution in [0.15, 0.2) is 16.6 Å². The summed E-state index contributed by atoms with van der Waals surface area (Å²) in [7, 11) is 0. The molecule has 0 radical (unpaired) electrons. The van der Waals surface area contributed by atoms with Gasteiger partial charge in [-0.2, -0.15) is 26.3 Å². The first kappa shape index (κ1) is 17.8. The van der Waals surface area contributed by atoms with Crippen LogP contribution < -0.4 is 0 Å². The van der Waals surface area contributed by atoms with E-state index in [0.29, 0.717) is 12.1 Å². The molecule has 1 aromatic rings. The molecule has 9 heteroatoms. The summed E-state index contributed by atoms with van der Waals surface area (Å²) in [6, 6.07) is 0.641.